The van der Waals surface area contributed by atoms with E-state index in [1.807, 2.05) is 62.8 Å². The molecule has 0 saturated carbocycles. The summed E-state index contributed by atoms with van der Waals surface area (Å²) >= 11 is 3.48. The molecule has 0 saturated heterocycles. The summed E-state index contributed by atoms with van der Waals surface area (Å²) in [5.41, 5.74) is 15.1. The third kappa shape index (κ3) is 17.2. The van der Waals surface area contributed by atoms with Gasteiger partial charge in [-0.25, -0.2) is 51.1 Å². The van der Waals surface area contributed by atoms with E-state index in [4.69, 9.17) is 0 Å². The van der Waals surface area contributed by atoms with Gasteiger partial charge in [0.1, 0.15) is 69.4 Å². The number of carboxylic acid groups (broad SMARTS) is 1. The van der Waals surface area contributed by atoms with Crippen molar-refractivity contribution < 1.29 is 51.6 Å². The first-order valence-electron chi connectivity index (χ1n) is 40.1. The van der Waals surface area contributed by atoms with Crippen molar-refractivity contribution in [2.45, 2.75) is 70.9 Å². The highest BCUT2D eigenvalue weighted by Crippen LogP contribution is 2.36. The van der Waals surface area contributed by atoms with Crippen LogP contribution in [0.4, 0.5) is 49.7 Å². The van der Waals surface area contributed by atoms with E-state index in [-0.39, 0.29) is 41.3 Å². The third-order valence-corrected chi connectivity index (χ3v) is 22.2. The van der Waals surface area contributed by atoms with E-state index in [1.54, 1.807) is 80.9 Å². The van der Waals surface area contributed by atoms with Gasteiger partial charge in [-0.05, 0) is 143 Å². The molecule has 1 aliphatic rings. The number of phenols is 2. The molecule has 37 heteroatoms. The summed E-state index contributed by atoms with van der Waals surface area (Å²) in [6, 6.07) is 31.7. The number of halogens is 7. The summed E-state index contributed by atoms with van der Waals surface area (Å²) in [5, 5.41) is 73.4. The summed E-state index contributed by atoms with van der Waals surface area (Å²) in [5.74, 6) is -0.888. The number of phenolic OH excluding ortho intramolecular Hbond substituents is 2. The summed E-state index contributed by atoms with van der Waals surface area (Å²) in [6.45, 7) is 5.67. The van der Waals surface area contributed by atoms with Crippen molar-refractivity contribution in [2.75, 3.05) is 40.9 Å². The van der Waals surface area contributed by atoms with Gasteiger partial charge in [0.05, 0.1) is 88.8 Å². The SMILES string of the molecule is CC(C)c1cnn2c(NC3CCc4[nH]c5c(F)cc(F)cc5c4C3)nc(-c3cncc(F)c3)nc12.Fc1cncc(-c2cc(NCCc3c[nH]c4ccccc34)n3ncc(Br)c3n2)c1.O=C(O)c1cnn2c(NCCc3c[nH]c4c(O)cccc34)cc(-c3cncc(F)c3)nc12.OCc1cnn2c(NCCc3c[nH]c4ccc(O)cc34)cc(-c3cncc(F)c3)nc12. The molecular weight excluding hydrogens is 1710 g/mol. The Morgan fingerprint density at radius 2 is 1.05 bits per heavy atom. The average molecular weight is 1780 g/mol. The van der Waals surface area contributed by atoms with Gasteiger partial charge in [-0.1, -0.05) is 44.2 Å². The fourth-order valence-corrected chi connectivity index (χ4v) is 15.9. The molecule has 0 fully saturated rings. The Balaban J connectivity index is 0.000000115. The highest BCUT2D eigenvalue weighted by molar-refractivity contribution is 9.10. The van der Waals surface area contributed by atoms with E-state index in [0.717, 1.165) is 97.5 Å². The first kappa shape index (κ1) is 82.3. The highest BCUT2D eigenvalue weighted by Gasteiger charge is 2.28. The molecule has 16 heterocycles. The number of nitrogens with one attached hydrogen (secondary N) is 8. The number of fused-ring (bicyclic) bond motifs is 10. The molecule has 0 spiro atoms. The van der Waals surface area contributed by atoms with Crippen LogP contribution in [-0.2, 0) is 38.7 Å². The van der Waals surface area contributed by atoms with Gasteiger partial charge in [0, 0.05) is 165 Å². The summed E-state index contributed by atoms with van der Waals surface area (Å²) in [7, 11) is 0. The second-order valence-electron chi connectivity index (χ2n) is 30.3. The molecule has 1 unspecified atom stereocenters. The van der Waals surface area contributed by atoms with Crippen molar-refractivity contribution in [1.29, 1.82) is 0 Å². The maximum Gasteiger partial charge on any atom is 0.341 e. The number of anilines is 4. The van der Waals surface area contributed by atoms with Crippen molar-refractivity contribution >= 4 is 112 Å². The van der Waals surface area contributed by atoms with Crippen molar-refractivity contribution in [3.8, 4) is 56.7 Å². The van der Waals surface area contributed by atoms with Crippen molar-refractivity contribution in [3.63, 3.8) is 0 Å². The quantitative estimate of drug-likeness (QED) is 0.0297. The van der Waals surface area contributed by atoms with E-state index < -0.39 is 40.9 Å². The smallest absolute Gasteiger partial charge is 0.341 e. The topological polar surface area (TPSA) is 394 Å². The van der Waals surface area contributed by atoms with Crippen LogP contribution < -0.4 is 21.3 Å². The van der Waals surface area contributed by atoms with Gasteiger partial charge < -0.3 is 61.6 Å². The Morgan fingerprint density at radius 1 is 0.504 bits per heavy atom. The number of aromatic amines is 4. The standard InChI is InChI=1S/C25H22F3N7.C22H17FN6O3.C22H19FN6O2.C21H16BrFN6/c1-12(2)19-11-30-35-24(19)33-23(13-5-15(27)10-29-9-13)34-25(35)31-16-3-4-21-17(8-16)18-6-14(26)7-20(28)22(18)32-21;23-14-6-13(8-24-10-14)17-7-19(29-21(28-17)16(11-27-29)22(31)32)25-5-4-12-9-26-20-15(12)2-1-3-18(20)30;23-16-5-14(8-24-11-16)20-7-21(29-22(28-20)15(12-30)10-27-29)25-4-3-13-9-26-19-2-1-17(31)6-18(13)19;22-17-12-27-29-20(8-19(28-21(17)29)14-7-15(23)11-24-9-14)25-6-5-13-10-26-18-4-2-1-3-16(13)18/h5-7,9-12,16,32H,3-4,8H2,1-2H3,(H,31,33,34);1-3,6-11,25-26,30H,4-5H2,(H,31,32);1-2,5-11,25-26,30-31H,3-4,12H2;1-4,7-12,25-26H,5-6H2. The lowest BCUT2D eigenvalue weighted by molar-refractivity contribution is 0.0698. The van der Waals surface area contributed by atoms with Crippen LogP contribution in [-0.4, -0.2) is 155 Å². The zero-order chi connectivity index (χ0) is 87.7. The number of rotatable bonds is 21. The van der Waals surface area contributed by atoms with Gasteiger partial charge in [-0.15, -0.1) is 0 Å². The molecule has 1 atom stereocenters. The minimum absolute atomic E-state index is 0.0592. The van der Waals surface area contributed by atoms with E-state index in [1.165, 1.54) is 70.6 Å². The predicted octanol–water partition coefficient (Wildman–Crippen LogP) is 16.7. The van der Waals surface area contributed by atoms with E-state index in [9.17, 15) is 51.6 Å². The monoisotopic (exact) mass is 1780 g/mol. The lowest BCUT2D eigenvalue weighted by atomic mass is 9.91. The Labute approximate surface area is 723 Å². The summed E-state index contributed by atoms with van der Waals surface area (Å²) < 4.78 is 90.3. The van der Waals surface area contributed by atoms with Crippen LogP contribution >= 0.6 is 15.9 Å². The molecule has 127 heavy (non-hydrogen) atoms. The molecule has 16 aromatic heterocycles. The van der Waals surface area contributed by atoms with Gasteiger partial charge in [-0.2, -0.15) is 43.4 Å². The Hall–Kier alpha value is -15.7. The van der Waals surface area contributed by atoms with Crippen LogP contribution in [0.25, 0.3) is 111 Å². The Kier molecular flexibility index (Phi) is 22.9. The normalized spacial score (nSPS) is 12.6. The number of carbonyl (C=O) groups is 1. The number of nitrogens with zero attached hydrogens (tertiary/aromatic N) is 17. The van der Waals surface area contributed by atoms with E-state index in [2.05, 4.69) is 135 Å². The Morgan fingerprint density at radius 3 is 1.68 bits per heavy atom. The number of hydrogen-bond donors (Lipinski definition) is 12. The van der Waals surface area contributed by atoms with Crippen LogP contribution in [0.1, 0.15) is 75.6 Å². The molecule has 0 radical (unpaired) electrons. The van der Waals surface area contributed by atoms with Crippen molar-refractivity contribution in [2.24, 2.45) is 0 Å². The van der Waals surface area contributed by atoms with Gasteiger partial charge in [0.25, 0.3) is 0 Å². The van der Waals surface area contributed by atoms with Crippen LogP contribution in [0, 0.1) is 34.9 Å². The number of carboxylic acids is 1. The molecular formula is C90H74BrF6N25O5. The molecule has 0 bridgehead atoms. The van der Waals surface area contributed by atoms with Gasteiger partial charge >= 0.3 is 5.97 Å². The van der Waals surface area contributed by atoms with Crippen LogP contribution in [0.15, 0.2) is 213 Å². The minimum atomic E-state index is -1.16. The van der Waals surface area contributed by atoms with Crippen LogP contribution in [0.3, 0.4) is 0 Å². The second-order valence-corrected chi connectivity index (χ2v) is 31.2. The molecule has 1 aliphatic carbocycles. The Bertz CT molecular complexity index is 7550. The fourth-order valence-electron chi connectivity index (χ4n) is 15.5. The second kappa shape index (κ2) is 35.3. The predicted molar refractivity (Wildman–Crippen MR) is 470 cm³/mol. The number of aromatic nitrogens is 21. The lowest BCUT2D eigenvalue weighted by Gasteiger charge is -2.24. The molecule has 30 nitrogen and oxygen atoms in total. The van der Waals surface area contributed by atoms with Gasteiger partial charge in [0.15, 0.2) is 28.4 Å². The van der Waals surface area contributed by atoms with E-state index >= 15 is 0 Å². The number of aromatic hydroxyl groups is 2. The number of aromatic carboxylic acids is 1. The number of para-hydroxylation sites is 2. The number of hydrogen-bond acceptors (Lipinski definition) is 21. The van der Waals surface area contributed by atoms with Gasteiger partial charge in [0.2, 0.25) is 5.95 Å². The number of aliphatic hydroxyl groups excluding tert-OH is 1. The van der Waals surface area contributed by atoms with Crippen molar-refractivity contribution in [3.05, 3.63) is 292 Å². The van der Waals surface area contributed by atoms with E-state index in [0.29, 0.717) is 147 Å². The number of aliphatic hydroxyl groups is 1. The number of aryl methyl sites for hydroxylation is 1. The van der Waals surface area contributed by atoms with Crippen LogP contribution in [0.5, 0.6) is 11.5 Å². The zero-order valence-electron chi connectivity index (χ0n) is 67.3. The molecule has 12 N–H and O–H groups in total. The maximum absolute atomic E-state index is 14.3. The molecule has 4 aromatic carbocycles. The maximum atomic E-state index is 14.3. The first-order valence-corrected chi connectivity index (χ1v) is 40.9. The molecule has 21 rings (SSSR count). The largest absolute Gasteiger partial charge is 0.508 e. The molecule has 20 aromatic rings. The van der Waals surface area contributed by atoms with Crippen LogP contribution in [0.2, 0.25) is 0 Å². The molecule has 638 valence electrons. The summed E-state index contributed by atoms with van der Waals surface area (Å²) in [4.78, 5) is 62.8. The van der Waals surface area contributed by atoms with Gasteiger partial charge in [-0.3, -0.25) is 19.9 Å². The number of pyridine rings is 4. The summed E-state index contributed by atoms with van der Waals surface area (Å²) in [6.07, 6.45) is 26.8. The molecule has 0 aliphatic heterocycles. The minimum Gasteiger partial charge on any atom is -0.508 e. The fraction of sp³-hybridized carbons (Fsp3) is 0.156. The average Bonchev–Trinajstić information content (AvgIpc) is 1.61. The molecule has 0 amide bonds. The lowest BCUT2D eigenvalue weighted by Crippen LogP contribution is -2.29. The third-order valence-electron chi connectivity index (χ3n) is 21.7. The number of H-pyrrole nitrogens is 4. The van der Waals surface area contributed by atoms with Crippen molar-refractivity contribution in [1.82, 2.24) is 103 Å². The highest BCUT2D eigenvalue weighted by atomic mass is 79.9. The number of benzene rings is 4. The zero-order valence-corrected chi connectivity index (χ0v) is 68.9. The first-order chi connectivity index (χ1) is 61.7.